The average molecular weight is 314 g/mol. The fraction of sp³-hybridized carbons (Fsp3) is 0.455. The molecule has 0 aliphatic carbocycles. The number of ether oxygens (including phenoxy) is 2. The molecule has 0 saturated heterocycles. The van der Waals surface area contributed by atoms with Crippen LogP contribution in [0.1, 0.15) is 35.0 Å². The van der Waals surface area contributed by atoms with Gasteiger partial charge < -0.3 is 15.2 Å². The first-order valence-corrected chi connectivity index (χ1v) is 5.64. The molecule has 1 rings (SSSR count). The van der Waals surface area contributed by atoms with Gasteiger partial charge in [0.2, 0.25) is 0 Å². The number of rotatable bonds is 5. The lowest BCUT2D eigenvalue weighted by atomic mass is 10.1. The summed E-state index contributed by atoms with van der Waals surface area (Å²) < 4.78 is 70.8. The van der Waals surface area contributed by atoms with E-state index < -0.39 is 42.2 Å². The highest BCUT2D eigenvalue weighted by Crippen LogP contribution is 2.37. The summed E-state index contributed by atoms with van der Waals surface area (Å²) in [6.07, 6.45) is -8.11. The first-order chi connectivity index (χ1) is 9.71. The zero-order valence-corrected chi connectivity index (χ0v) is 10.7. The molecule has 0 atom stereocenters. The van der Waals surface area contributed by atoms with E-state index in [9.17, 15) is 26.7 Å². The second kappa shape index (κ2) is 6.66. The van der Waals surface area contributed by atoms with Gasteiger partial charge in [-0.05, 0) is 6.92 Å². The molecule has 2 N–H and O–H groups in total. The summed E-state index contributed by atoms with van der Waals surface area (Å²) >= 11 is 0. The Morgan fingerprint density at radius 3 is 2.48 bits per heavy atom. The third kappa shape index (κ3) is 4.25. The van der Waals surface area contributed by atoms with E-state index in [1.165, 1.54) is 6.92 Å². The number of pyridine rings is 1. The van der Waals surface area contributed by atoms with Gasteiger partial charge in [-0.1, -0.05) is 0 Å². The summed E-state index contributed by atoms with van der Waals surface area (Å²) in [7, 11) is 0. The predicted molar refractivity (Wildman–Crippen MR) is 59.7 cm³/mol. The van der Waals surface area contributed by atoms with Gasteiger partial charge in [0.15, 0.2) is 5.75 Å². The molecular weight excluding hydrogens is 303 g/mol. The summed E-state index contributed by atoms with van der Waals surface area (Å²) in [6, 6.07) is 0. The molecule has 0 spiro atoms. The van der Waals surface area contributed by atoms with Gasteiger partial charge in [0.25, 0.3) is 6.43 Å². The van der Waals surface area contributed by atoms with Gasteiger partial charge in [0.05, 0.1) is 17.9 Å². The number of nitrogens with two attached hydrogens (primary N) is 1. The van der Waals surface area contributed by atoms with Crippen molar-refractivity contribution in [3.05, 3.63) is 23.0 Å². The van der Waals surface area contributed by atoms with E-state index >= 15 is 0 Å². The van der Waals surface area contributed by atoms with E-state index in [-0.39, 0.29) is 12.3 Å². The van der Waals surface area contributed by atoms with Crippen LogP contribution in [-0.4, -0.2) is 23.9 Å². The van der Waals surface area contributed by atoms with Gasteiger partial charge in [-0.15, -0.1) is 13.2 Å². The molecular formula is C11H11F5N2O3. The molecule has 1 heterocycles. The Kier molecular flexibility index (Phi) is 5.41. The van der Waals surface area contributed by atoms with E-state index in [4.69, 9.17) is 5.73 Å². The molecule has 0 aromatic carbocycles. The van der Waals surface area contributed by atoms with Crippen LogP contribution in [0.25, 0.3) is 0 Å². The summed E-state index contributed by atoms with van der Waals surface area (Å²) in [5.74, 6) is -2.61. The minimum atomic E-state index is -5.27. The summed E-state index contributed by atoms with van der Waals surface area (Å²) in [4.78, 5) is 15.2. The fourth-order valence-electron chi connectivity index (χ4n) is 1.50. The van der Waals surface area contributed by atoms with Crippen molar-refractivity contribution in [3.8, 4) is 5.75 Å². The van der Waals surface area contributed by atoms with Crippen LogP contribution in [0, 0.1) is 0 Å². The summed E-state index contributed by atoms with van der Waals surface area (Å²) in [6.45, 7) is 0.772. The number of esters is 1. The Morgan fingerprint density at radius 1 is 1.43 bits per heavy atom. The van der Waals surface area contributed by atoms with E-state index in [0.717, 1.165) is 0 Å². The SMILES string of the molecule is CCOC(=O)c1c(CN)ncc(C(F)F)c1OC(F)(F)F. The Bertz CT molecular complexity index is 519. The van der Waals surface area contributed by atoms with Crippen molar-refractivity contribution in [2.45, 2.75) is 26.3 Å². The van der Waals surface area contributed by atoms with Crippen LogP contribution in [0.3, 0.4) is 0 Å². The topological polar surface area (TPSA) is 74.4 Å². The molecule has 0 radical (unpaired) electrons. The third-order valence-electron chi connectivity index (χ3n) is 2.26. The normalized spacial score (nSPS) is 11.6. The molecule has 21 heavy (non-hydrogen) atoms. The lowest BCUT2D eigenvalue weighted by Gasteiger charge is -2.17. The minimum Gasteiger partial charge on any atom is -0.462 e. The number of nitrogens with zero attached hydrogens (tertiary/aromatic N) is 1. The van der Waals surface area contributed by atoms with Gasteiger partial charge in [-0.3, -0.25) is 4.98 Å². The van der Waals surface area contributed by atoms with Crippen molar-refractivity contribution in [1.29, 1.82) is 0 Å². The van der Waals surface area contributed by atoms with Gasteiger partial charge >= 0.3 is 12.3 Å². The highest BCUT2D eigenvalue weighted by atomic mass is 19.4. The monoisotopic (exact) mass is 314 g/mol. The summed E-state index contributed by atoms with van der Waals surface area (Å²) in [5.41, 5.74) is 2.89. The van der Waals surface area contributed by atoms with Crippen LogP contribution >= 0.6 is 0 Å². The number of aromatic nitrogens is 1. The first-order valence-electron chi connectivity index (χ1n) is 5.64. The standard InChI is InChI=1S/C11H11F5N2O3/c1-2-20-10(19)7-6(3-17)18-4-5(9(12)13)8(7)21-11(14,15)16/h4,9H,2-3,17H2,1H3. The molecule has 1 aromatic heterocycles. The molecule has 0 saturated carbocycles. The van der Waals surface area contributed by atoms with Gasteiger partial charge in [0.1, 0.15) is 5.56 Å². The van der Waals surface area contributed by atoms with Crippen molar-refractivity contribution < 1.29 is 36.2 Å². The molecule has 0 bridgehead atoms. The molecule has 0 amide bonds. The van der Waals surface area contributed by atoms with E-state index in [1.54, 1.807) is 0 Å². The van der Waals surface area contributed by atoms with Crippen molar-refractivity contribution in [2.24, 2.45) is 5.73 Å². The number of carbonyl (C=O) groups is 1. The van der Waals surface area contributed by atoms with E-state index in [1.807, 2.05) is 0 Å². The third-order valence-corrected chi connectivity index (χ3v) is 2.26. The van der Waals surface area contributed by atoms with Gasteiger partial charge in [-0.25, -0.2) is 13.6 Å². The second-order valence-corrected chi connectivity index (χ2v) is 3.64. The highest BCUT2D eigenvalue weighted by molar-refractivity contribution is 5.94. The lowest BCUT2D eigenvalue weighted by molar-refractivity contribution is -0.275. The van der Waals surface area contributed by atoms with Crippen molar-refractivity contribution in [3.63, 3.8) is 0 Å². The lowest BCUT2D eigenvalue weighted by Crippen LogP contribution is -2.23. The average Bonchev–Trinajstić information content (AvgIpc) is 2.35. The minimum absolute atomic E-state index is 0.173. The fourth-order valence-corrected chi connectivity index (χ4v) is 1.50. The second-order valence-electron chi connectivity index (χ2n) is 3.64. The molecule has 0 aliphatic heterocycles. The van der Waals surface area contributed by atoms with Crippen LogP contribution in [-0.2, 0) is 11.3 Å². The molecule has 1 aromatic rings. The van der Waals surface area contributed by atoms with Crippen molar-refractivity contribution >= 4 is 5.97 Å². The van der Waals surface area contributed by atoms with Crippen molar-refractivity contribution in [2.75, 3.05) is 6.61 Å². The Hall–Kier alpha value is -1.97. The molecule has 0 unspecified atom stereocenters. The smallest absolute Gasteiger partial charge is 0.462 e. The maximum absolute atomic E-state index is 12.8. The molecule has 0 aliphatic rings. The number of hydrogen-bond donors (Lipinski definition) is 1. The summed E-state index contributed by atoms with van der Waals surface area (Å²) in [5, 5.41) is 0. The Morgan fingerprint density at radius 2 is 2.05 bits per heavy atom. The predicted octanol–water partition coefficient (Wildman–Crippen LogP) is 2.55. The van der Waals surface area contributed by atoms with Crippen LogP contribution in [0.4, 0.5) is 22.0 Å². The Labute approximate surface area is 115 Å². The van der Waals surface area contributed by atoms with Crippen LogP contribution in [0.5, 0.6) is 5.75 Å². The van der Waals surface area contributed by atoms with Gasteiger partial charge in [0, 0.05) is 12.7 Å². The van der Waals surface area contributed by atoms with E-state index in [0.29, 0.717) is 6.20 Å². The van der Waals surface area contributed by atoms with Crippen molar-refractivity contribution in [1.82, 2.24) is 4.98 Å². The quantitative estimate of drug-likeness (QED) is 0.668. The molecule has 0 fully saturated rings. The van der Waals surface area contributed by atoms with Crippen LogP contribution < -0.4 is 10.5 Å². The number of alkyl halides is 5. The molecule has 10 heteroatoms. The van der Waals surface area contributed by atoms with Gasteiger partial charge in [-0.2, -0.15) is 0 Å². The number of halogens is 5. The largest absolute Gasteiger partial charge is 0.573 e. The van der Waals surface area contributed by atoms with Crippen LogP contribution in [0.2, 0.25) is 0 Å². The first kappa shape index (κ1) is 17.1. The highest BCUT2D eigenvalue weighted by Gasteiger charge is 2.37. The van der Waals surface area contributed by atoms with E-state index in [2.05, 4.69) is 14.5 Å². The number of carbonyl (C=O) groups excluding carboxylic acids is 1. The Balaban J connectivity index is 3.52. The molecule has 5 nitrogen and oxygen atoms in total. The maximum Gasteiger partial charge on any atom is 0.573 e. The molecule has 118 valence electrons. The zero-order chi connectivity index (χ0) is 16.2. The number of hydrogen-bond acceptors (Lipinski definition) is 5. The zero-order valence-electron chi connectivity index (χ0n) is 10.7. The maximum atomic E-state index is 12.8. The van der Waals surface area contributed by atoms with Crippen LogP contribution in [0.15, 0.2) is 6.20 Å².